The lowest BCUT2D eigenvalue weighted by atomic mass is 9.69. The van der Waals surface area contributed by atoms with Crippen LogP contribution in [0.1, 0.15) is 18.4 Å². The van der Waals surface area contributed by atoms with Crippen LogP contribution in [0.2, 0.25) is 25.2 Å². The van der Waals surface area contributed by atoms with E-state index in [4.69, 9.17) is 9.47 Å². The average molecular weight is 362 g/mol. The van der Waals surface area contributed by atoms with Gasteiger partial charge in [-0.15, -0.1) is 0 Å². The first-order valence-corrected chi connectivity index (χ1v) is 12.7. The third kappa shape index (κ3) is 2.87. The van der Waals surface area contributed by atoms with Gasteiger partial charge in [0.25, 0.3) is 0 Å². The van der Waals surface area contributed by atoms with E-state index in [0.29, 0.717) is 5.54 Å². The number of methoxy groups -OCH3 is 2. The van der Waals surface area contributed by atoms with Gasteiger partial charge in [0, 0.05) is 32.8 Å². The van der Waals surface area contributed by atoms with Crippen LogP contribution in [-0.2, 0) is 5.41 Å². The summed E-state index contributed by atoms with van der Waals surface area (Å²) in [4.78, 5) is 2.33. The van der Waals surface area contributed by atoms with Crippen LogP contribution in [-0.4, -0.2) is 52.0 Å². The number of likely N-dealkylation sites (tertiary alicyclic amines) is 1. The predicted molar refractivity (Wildman–Crippen MR) is 104 cm³/mol. The number of nitrogens with zero attached hydrogens (tertiary/aromatic N) is 1. The molecule has 25 heavy (non-hydrogen) atoms. The fourth-order valence-corrected chi connectivity index (χ4v) is 7.84. The number of aliphatic hydroxyl groups is 1. The van der Waals surface area contributed by atoms with E-state index in [-0.39, 0.29) is 11.5 Å². The Morgan fingerprint density at radius 3 is 2.44 bits per heavy atom. The Kier molecular flexibility index (Phi) is 4.66. The van der Waals surface area contributed by atoms with Crippen molar-refractivity contribution < 1.29 is 14.6 Å². The maximum Gasteiger partial charge on any atom is 0.161 e. The molecule has 1 saturated heterocycles. The largest absolute Gasteiger partial charge is 0.493 e. The monoisotopic (exact) mass is 361 g/mol. The normalized spacial score (nSPS) is 29.2. The van der Waals surface area contributed by atoms with Crippen molar-refractivity contribution in [3.05, 3.63) is 35.5 Å². The van der Waals surface area contributed by atoms with E-state index < -0.39 is 8.07 Å². The lowest BCUT2D eigenvalue weighted by Gasteiger charge is -2.49. The van der Waals surface area contributed by atoms with Gasteiger partial charge in [0.15, 0.2) is 11.5 Å². The number of hydrogen-bond donors (Lipinski definition) is 1. The molecule has 0 spiro atoms. The predicted octanol–water partition coefficient (Wildman–Crippen LogP) is 3.63. The molecule has 1 aliphatic carbocycles. The minimum Gasteiger partial charge on any atom is -0.493 e. The van der Waals surface area contributed by atoms with Crippen LogP contribution in [0.3, 0.4) is 0 Å². The maximum atomic E-state index is 10.5. The fourth-order valence-electron chi connectivity index (χ4n) is 4.95. The van der Waals surface area contributed by atoms with Crippen LogP contribution in [0.5, 0.6) is 11.5 Å². The Balaban J connectivity index is 2.22. The van der Waals surface area contributed by atoms with Gasteiger partial charge in [0.05, 0.1) is 20.3 Å². The minimum atomic E-state index is -1.52. The highest BCUT2D eigenvalue weighted by Gasteiger charge is 2.55. The van der Waals surface area contributed by atoms with Crippen molar-refractivity contribution >= 4 is 8.07 Å². The molecule has 1 aliphatic heterocycles. The van der Waals surface area contributed by atoms with Crippen LogP contribution >= 0.6 is 0 Å². The van der Waals surface area contributed by atoms with Gasteiger partial charge in [-0.25, -0.2) is 0 Å². The summed E-state index contributed by atoms with van der Waals surface area (Å²) in [6, 6.07) is 6.36. The van der Waals surface area contributed by atoms with E-state index in [1.165, 1.54) is 11.3 Å². The Morgan fingerprint density at radius 2 is 1.84 bits per heavy atom. The zero-order valence-corrected chi connectivity index (χ0v) is 17.3. The maximum absolute atomic E-state index is 10.5. The van der Waals surface area contributed by atoms with Gasteiger partial charge in [-0.3, -0.25) is 0 Å². The topological polar surface area (TPSA) is 41.9 Å². The molecule has 0 amide bonds. The van der Waals surface area contributed by atoms with Crippen molar-refractivity contribution in [1.82, 2.24) is 4.90 Å². The second kappa shape index (κ2) is 6.36. The van der Waals surface area contributed by atoms with Gasteiger partial charge < -0.3 is 19.5 Å². The summed E-state index contributed by atoms with van der Waals surface area (Å²) in [6.07, 6.45) is 3.68. The van der Waals surface area contributed by atoms with Crippen LogP contribution in [0.15, 0.2) is 30.0 Å². The SMILES string of the molecule is COc1ccc([C@]23CCN(C)C2=C[C@H](O)C[C@H]3[Si](C)(C)C)cc1OC. The molecule has 1 aromatic carbocycles. The molecule has 2 aliphatic rings. The number of ether oxygens (including phenoxy) is 2. The number of allylic oxidation sites excluding steroid dienone is 1. The van der Waals surface area contributed by atoms with Crippen LogP contribution in [0.4, 0.5) is 0 Å². The molecule has 0 bridgehead atoms. The smallest absolute Gasteiger partial charge is 0.161 e. The number of aliphatic hydroxyl groups excluding tert-OH is 1. The Hall–Kier alpha value is -1.46. The number of fused-ring (bicyclic) bond motifs is 1. The van der Waals surface area contributed by atoms with Gasteiger partial charge in [0.2, 0.25) is 0 Å². The zero-order valence-electron chi connectivity index (χ0n) is 16.3. The third-order valence-corrected chi connectivity index (χ3v) is 8.90. The molecule has 3 atom stereocenters. The first kappa shape index (κ1) is 18.3. The summed E-state index contributed by atoms with van der Waals surface area (Å²) in [5, 5.41) is 10.5. The number of likely N-dealkylation sites (N-methyl/N-ethyl adjacent to an activating group) is 1. The Bertz CT molecular complexity index is 682. The molecule has 1 N–H and O–H groups in total. The van der Waals surface area contributed by atoms with Gasteiger partial charge in [-0.2, -0.15) is 0 Å². The van der Waals surface area contributed by atoms with Crippen molar-refractivity contribution in [2.75, 3.05) is 27.8 Å². The van der Waals surface area contributed by atoms with Crippen molar-refractivity contribution in [2.24, 2.45) is 0 Å². The summed E-state index contributed by atoms with van der Waals surface area (Å²) >= 11 is 0. The first-order chi connectivity index (χ1) is 11.7. The standard InChI is InChI=1S/C20H31NO3Si/c1-21-10-9-20(14-7-8-16(23-2)17(11-14)24-3)18(21)12-15(22)13-19(20)25(4,5)6/h7-8,11-12,15,19,22H,9-10,13H2,1-6H3/t15-,19+,20+/m0/s1. The van der Waals surface area contributed by atoms with Gasteiger partial charge in [-0.05, 0) is 42.2 Å². The highest BCUT2D eigenvalue weighted by Crippen LogP contribution is 2.58. The molecule has 3 rings (SSSR count). The minimum absolute atomic E-state index is 0.0298. The third-order valence-electron chi connectivity index (χ3n) is 6.08. The molecular formula is C20H31NO3Si. The van der Waals surface area contributed by atoms with E-state index in [2.05, 4.69) is 49.8 Å². The highest BCUT2D eigenvalue weighted by molar-refractivity contribution is 6.78. The van der Waals surface area contributed by atoms with E-state index >= 15 is 0 Å². The van der Waals surface area contributed by atoms with E-state index in [0.717, 1.165) is 30.9 Å². The number of rotatable bonds is 4. The summed E-state index contributed by atoms with van der Waals surface area (Å²) in [6.45, 7) is 8.30. The van der Waals surface area contributed by atoms with Gasteiger partial charge >= 0.3 is 0 Å². The quantitative estimate of drug-likeness (QED) is 0.832. The first-order valence-electron chi connectivity index (χ1n) is 9.08. The Morgan fingerprint density at radius 1 is 1.16 bits per heavy atom. The van der Waals surface area contributed by atoms with E-state index in [9.17, 15) is 5.11 Å². The van der Waals surface area contributed by atoms with Crippen LogP contribution < -0.4 is 9.47 Å². The molecule has 5 heteroatoms. The highest BCUT2D eigenvalue weighted by atomic mass is 28.3. The second-order valence-electron chi connectivity index (χ2n) is 8.49. The second-order valence-corrected chi connectivity index (χ2v) is 13.9. The molecule has 0 saturated carbocycles. The Labute approximate surface area is 152 Å². The molecule has 4 nitrogen and oxygen atoms in total. The van der Waals surface area contributed by atoms with Gasteiger partial charge in [-0.1, -0.05) is 25.7 Å². The summed E-state index contributed by atoms with van der Waals surface area (Å²) in [5.41, 5.74) is 3.03. The van der Waals surface area contributed by atoms with Crippen molar-refractivity contribution in [1.29, 1.82) is 0 Å². The average Bonchev–Trinajstić information content (AvgIpc) is 2.90. The van der Waals surface area contributed by atoms with Crippen LogP contribution in [0, 0.1) is 0 Å². The zero-order chi connectivity index (χ0) is 18.4. The summed E-state index contributed by atoms with van der Waals surface area (Å²) < 4.78 is 11.0. The molecule has 1 aromatic rings. The number of benzene rings is 1. The van der Waals surface area contributed by atoms with Gasteiger partial charge in [0.1, 0.15) is 0 Å². The molecule has 138 valence electrons. The molecule has 0 radical (unpaired) electrons. The number of hydrogen-bond acceptors (Lipinski definition) is 4. The molecule has 0 aromatic heterocycles. The summed E-state index contributed by atoms with van der Waals surface area (Å²) in [7, 11) is 3.99. The fraction of sp³-hybridized carbons (Fsp3) is 0.600. The van der Waals surface area contributed by atoms with Crippen molar-refractivity contribution in [3.8, 4) is 11.5 Å². The lowest BCUT2D eigenvalue weighted by Crippen LogP contribution is -2.48. The van der Waals surface area contributed by atoms with E-state index in [1.54, 1.807) is 14.2 Å². The van der Waals surface area contributed by atoms with Crippen molar-refractivity contribution in [3.63, 3.8) is 0 Å². The van der Waals surface area contributed by atoms with E-state index in [1.807, 2.05) is 6.07 Å². The molecule has 1 fully saturated rings. The summed E-state index contributed by atoms with van der Waals surface area (Å²) in [5.74, 6) is 1.55. The lowest BCUT2D eigenvalue weighted by molar-refractivity contribution is 0.179. The molecular weight excluding hydrogens is 330 g/mol. The molecule has 1 heterocycles. The molecule has 0 unspecified atom stereocenters. The van der Waals surface area contributed by atoms with Crippen LogP contribution in [0.25, 0.3) is 0 Å². The van der Waals surface area contributed by atoms with Crippen molar-refractivity contribution in [2.45, 2.75) is 49.5 Å².